The highest BCUT2D eigenvalue weighted by molar-refractivity contribution is 7.21. The molecule has 0 saturated heterocycles. The molecule has 10 heteroatoms. The van der Waals surface area contributed by atoms with Crippen LogP contribution in [0.3, 0.4) is 0 Å². The molecular weight excluding hydrogens is 543 g/mol. The summed E-state index contributed by atoms with van der Waals surface area (Å²) < 4.78 is 12.1. The topological polar surface area (TPSA) is 77.0 Å². The molecule has 3 aromatic carbocycles. The summed E-state index contributed by atoms with van der Waals surface area (Å²) in [5.74, 6) is -0.328. The van der Waals surface area contributed by atoms with Gasteiger partial charge in [-0.3, -0.25) is 4.79 Å². The van der Waals surface area contributed by atoms with Gasteiger partial charge in [-0.25, -0.2) is 10.2 Å². The summed E-state index contributed by atoms with van der Waals surface area (Å²) >= 11 is 19.7. The smallest absolute Gasteiger partial charge is 0.355 e. The van der Waals surface area contributed by atoms with Crippen molar-refractivity contribution in [3.05, 3.63) is 92.2 Å². The van der Waals surface area contributed by atoms with Crippen molar-refractivity contribution in [2.45, 2.75) is 19.4 Å². The van der Waals surface area contributed by atoms with Gasteiger partial charge in [0.25, 0.3) is 5.91 Å². The number of benzene rings is 3. The average molecular weight is 562 g/mol. The molecule has 1 amide bonds. The average Bonchev–Trinajstić information content (AvgIpc) is 3.20. The lowest BCUT2D eigenvalue weighted by Crippen LogP contribution is -2.35. The van der Waals surface area contributed by atoms with Crippen LogP contribution in [0.2, 0.25) is 15.1 Å². The molecule has 1 N–H and O–H groups in total. The number of esters is 1. The fourth-order valence-electron chi connectivity index (χ4n) is 3.25. The van der Waals surface area contributed by atoms with Crippen LogP contribution in [-0.4, -0.2) is 24.2 Å². The minimum Gasteiger partial charge on any atom is -0.479 e. The number of nitrogens with one attached hydrogen (secondary N) is 1. The third kappa shape index (κ3) is 6.17. The molecule has 4 aromatic rings. The first-order chi connectivity index (χ1) is 17.4. The van der Waals surface area contributed by atoms with Gasteiger partial charge in [0.05, 0.1) is 16.3 Å². The number of hydrazone groups is 1. The normalized spacial score (nSPS) is 12.0. The van der Waals surface area contributed by atoms with Gasteiger partial charge in [0.1, 0.15) is 16.4 Å². The Morgan fingerprint density at radius 3 is 2.61 bits per heavy atom. The van der Waals surface area contributed by atoms with Crippen LogP contribution >= 0.6 is 46.1 Å². The largest absolute Gasteiger partial charge is 0.479 e. The van der Waals surface area contributed by atoms with E-state index in [1.165, 1.54) is 23.6 Å². The number of hydrogen-bond donors (Lipinski definition) is 1. The molecule has 0 aliphatic carbocycles. The molecule has 0 saturated carbocycles. The van der Waals surface area contributed by atoms with Crippen molar-refractivity contribution in [1.29, 1.82) is 0 Å². The van der Waals surface area contributed by atoms with Crippen molar-refractivity contribution < 1.29 is 19.1 Å². The Kier molecular flexibility index (Phi) is 8.48. The predicted octanol–water partition coefficient (Wildman–Crippen LogP) is 7.39. The van der Waals surface area contributed by atoms with Crippen molar-refractivity contribution in [3.63, 3.8) is 0 Å². The SMILES string of the molecule is CCC(Oc1ccc(Cl)cc1Cl)C(=O)N/N=C/c1cccc(OC(=O)c2sc3ccccc3c2Cl)c1. The number of halogens is 3. The van der Waals surface area contributed by atoms with Crippen molar-refractivity contribution in [3.8, 4) is 11.5 Å². The molecule has 0 fully saturated rings. The van der Waals surface area contributed by atoms with Crippen molar-refractivity contribution >= 4 is 74.3 Å². The van der Waals surface area contributed by atoms with Crippen molar-refractivity contribution in [2.24, 2.45) is 5.10 Å². The van der Waals surface area contributed by atoms with Crippen LogP contribution < -0.4 is 14.9 Å². The van der Waals surface area contributed by atoms with Gasteiger partial charge >= 0.3 is 5.97 Å². The zero-order valence-corrected chi connectivity index (χ0v) is 21.9. The van der Waals surface area contributed by atoms with Gasteiger partial charge < -0.3 is 9.47 Å². The molecule has 1 aromatic heterocycles. The van der Waals surface area contributed by atoms with Crippen LogP contribution in [0.15, 0.2) is 71.8 Å². The van der Waals surface area contributed by atoms with Gasteiger partial charge in [-0.05, 0) is 48.4 Å². The molecule has 0 radical (unpaired) electrons. The number of nitrogens with zero attached hydrogens (tertiary/aromatic N) is 1. The quantitative estimate of drug-likeness (QED) is 0.105. The second-order valence-corrected chi connectivity index (χ2v) is 9.80. The van der Waals surface area contributed by atoms with Crippen LogP contribution in [0.5, 0.6) is 11.5 Å². The van der Waals surface area contributed by atoms with E-state index in [0.29, 0.717) is 43.4 Å². The first kappa shape index (κ1) is 26.0. The summed E-state index contributed by atoms with van der Waals surface area (Å²) in [7, 11) is 0. The molecule has 6 nitrogen and oxygen atoms in total. The summed E-state index contributed by atoms with van der Waals surface area (Å²) in [5.41, 5.74) is 3.06. The lowest BCUT2D eigenvalue weighted by Gasteiger charge is -2.16. The standard InChI is InChI=1S/C26H19Cl3N2O4S/c1-2-20(35-21-11-10-16(27)13-19(21)28)25(32)31-30-14-15-6-5-7-17(12-15)34-26(33)24-23(29)18-8-3-4-9-22(18)36-24/h3-14,20H,2H2,1H3,(H,31,32)/b30-14+. The highest BCUT2D eigenvalue weighted by Gasteiger charge is 2.20. The molecule has 184 valence electrons. The lowest BCUT2D eigenvalue weighted by molar-refractivity contribution is -0.128. The van der Waals surface area contributed by atoms with Crippen LogP contribution in [0.25, 0.3) is 10.1 Å². The molecule has 1 heterocycles. The van der Waals surface area contributed by atoms with E-state index < -0.39 is 18.0 Å². The molecule has 0 aliphatic rings. The van der Waals surface area contributed by atoms with Gasteiger partial charge in [-0.1, -0.05) is 72.1 Å². The van der Waals surface area contributed by atoms with Crippen molar-refractivity contribution in [1.82, 2.24) is 5.43 Å². The molecule has 36 heavy (non-hydrogen) atoms. The Labute approximate surface area is 226 Å². The molecule has 0 spiro atoms. The number of amides is 1. The van der Waals surface area contributed by atoms with E-state index in [1.807, 2.05) is 24.3 Å². The van der Waals surface area contributed by atoms with E-state index in [0.717, 1.165) is 10.1 Å². The van der Waals surface area contributed by atoms with Gasteiger partial charge in [0.15, 0.2) is 6.10 Å². The van der Waals surface area contributed by atoms with Crippen LogP contribution in [-0.2, 0) is 4.79 Å². The molecular formula is C26H19Cl3N2O4S. The van der Waals surface area contributed by atoms with Crippen LogP contribution in [0, 0.1) is 0 Å². The second kappa shape index (κ2) is 11.8. The van der Waals surface area contributed by atoms with Gasteiger partial charge in [-0.2, -0.15) is 5.10 Å². The minimum absolute atomic E-state index is 0.306. The van der Waals surface area contributed by atoms with Crippen LogP contribution in [0.1, 0.15) is 28.6 Å². The first-order valence-corrected chi connectivity index (χ1v) is 12.7. The Balaban J connectivity index is 1.38. The Morgan fingerprint density at radius 2 is 1.86 bits per heavy atom. The number of thiophene rings is 1. The second-order valence-electron chi connectivity index (χ2n) is 7.53. The maximum atomic E-state index is 12.7. The van der Waals surface area contributed by atoms with Crippen LogP contribution in [0.4, 0.5) is 0 Å². The van der Waals surface area contributed by atoms with Crippen molar-refractivity contribution in [2.75, 3.05) is 0 Å². The molecule has 1 atom stereocenters. The maximum absolute atomic E-state index is 12.7. The van der Waals surface area contributed by atoms with E-state index in [1.54, 1.807) is 43.3 Å². The van der Waals surface area contributed by atoms with E-state index >= 15 is 0 Å². The zero-order valence-electron chi connectivity index (χ0n) is 18.8. The fourth-order valence-corrected chi connectivity index (χ4v) is 5.08. The minimum atomic E-state index is -0.806. The van der Waals surface area contributed by atoms with E-state index in [2.05, 4.69) is 10.5 Å². The number of rotatable bonds is 8. The summed E-state index contributed by atoms with van der Waals surface area (Å²) in [6.45, 7) is 1.80. The molecule has 1 unspecified atom stereocenters. The number of carbonyl (C=O) groups excluding carboxylic acids is 2. The predicted molar refractivity (Wildman–Crippen MR) is 145 cm³/mol. The molecule has 0 bridgehead atoms. The Bertz CT molecular complexity index is 1450. The number of fused-ring (bicyclic) bond motifs is 1. The first-order valence-electron chi connectivity index (χ1n) is 10.8. The number of ether oxygens (including phenoxy) is 2. The summed E-state index contributed by atoms with van der Waals surface area (Å²) in [5, 5.41) is 5.94. The highest BCUT2D eigenvalue weighted by Crippen LogP contribution is 2.35. The lowest BCUT2D eigenvalue weighted by atomic mass is 10.2. The number of carbonyl (C=O) groups is 2. The van der Waals surface area contributed by atoms with E-state index in [9.17, 15) is 9.59 Å². The fraction of sp³-hybridized carbons (Fsp3) is 0.115. The maximum Gasteiger partial charge on any atom is 0.355 e. The van der Waals surface area contributed by atoms with Gasteiger partial charge in [0.2, 0.25) is 0 Å². The van der Waals surface area contributed by atoms with Gasteiger partial charge in [-0.15, -0.1) is 11.3 Å². The van der Waals surface area contributed by atoms with Gasteiger partial charge in [0, 0.05) is 15.1 Å². The Morgan fingerprint density at radius 1 is 1.06 bits per heavy atom. The summed E-state index contributed by atoms with van der Waals surface area (Å²) in [4.78, 5) is 25.6. The monoisotopic (exact) mass is 560 g/mol. The van der Waals surface area contributed by atoms with E-state index in [4.69, 9.17) is 44.3 Å². The third-order valence-corrected chi connectivity index (χ3v) is 7.19. The number of hydrogen-bond acceptors (Lipinski definition) is 6. The summed E-state index contributed by atoms with van der Waals surface area (Å²) in [6.07, 6.45) is 1.02. The highest BCUT2D eigenvalue weighted by atomic mass is 35.5. The third-order valence-electron chi connectivity index (χ3n) is 5.00. The Hall–Kier alpha value is -3.10. The molecule has 0 aliphatic heterocycles. The molecule has 4 rings (SSSR count). The summed E-state index contributed by atoms with van der Waals surface area (Å²) in [6, 6.07) is 19.0. The zero-order chi connectivity index (χ0) is 25.7. The van der Waals surface area contributed by atoms with E-state index in [-0.39, 0.29) is 0 Å².